The molecule has 7 heteroatoms. The van der Waals surface area contributed by atoms with E-state index in [4.69, 9.17) is 33.5 Å². The molecule has 0 bridgehead atoms. The van der Waals surface area contributed by atoms with Gasteiger partial charge in [-0.1, -0.05) is 41.9 Å². The summed E-state index contributed by atoms with van der Waals surface area (Å²) < 4.78 is 5.64. The van der Waals surface area contributed by atoms with Gasteiger partial charge in [0, 0.05) is 42.4 Å². The van der Waals surface area contributed by atoms with E-state index in [1.54, 1.807) is 0 Å². The zero-order chi connectivity index (χ0) is 23.4. The molecule has 2 aromatic carbocycles. The number of ether oxygens (including phenoxy) is 1. The van der Waals surface area contributed by atoms with Crippen LogP contribution in [0.15, 0.2) is 66.9 Å². The van der Waals surface area contributed by atoms with E-state index in [0.29, 0.717) is 5.11 Å². The second-order valence-corrected chi connectivity index (χ2v) is 9.84. The summed E-state index contributed by atoms with van der Waals surface area (Å²) in [5.41, 5.74) is 4.67. The largest absolute Gasteiger partial charge is 0.381 e. The van der Waals surface area contributed by atoms with Gasteiger partial charge in [-0.25, -0.2) is 4.98 Å². The number of benzene rings is 2. The van der Waals surface area contributed by atoms with Crippen molar-refractivity contribution >= 4 is 46.1 Å². The lowest BCUT2D eigenvalue weighted by Crippen LogP contribution is -2.45. The molecule has 0 spiro atoms. The van der Waals surface area contributed by atoms with Crippen LogP contribution < -0.4 is 15.5 Å². The van der Waals surface area contributed by atoms with Crippen LogP contribution in [0.1, 0.15) is 30.4 Å². The molecule has 0 saturated carbocycles. The van der Waals surface area contributed by atoms with E-state index in [0.717, 1.165) is 68.5 Å². The number of pyridine rings is 1. The molecular formula is C27H29ClN4OS. The second kappa shape index (κ2) is 10.3. The molecule has 3 aromatic rings. The van der Waals surface area contributed by atoms with Crippen LogP contribution in [0.2, 0.25) is 5.02 Å². The van der Waals surface area contributed by atoms with Crippen molar-refractivity contribution in [2.45, 2.75) is 31.1 Å². The lowest BCUT2D eigenvalue weighted by atomic mass is 9.74. The van der Waals surface area contributed by atoms with Crippen molar-refractivity contribution in [3.8, 4) is 0 Å². The van der Waals surface area contributed by atoms with Crippen LogP contribution in [0.4, 0.5) is 17.2 Å². The summed E-state index contributed by atoms with van der Waals surface area (Å²) in [6.07, 6.45) is 5.95. The number of nitrogens with zero attached hydrogens (tertiary/aromatic N) is 2. The number of fused-ring (bicyclic) bond motifs is 1. The van der Waals surface area contributed by atoms with Gasteiger partial charge in [0.1, 0.15) is 5.82 Å². The van der Waals surface area contributed by atoms with E-state index < -0.39 is 0 Å². The number of halogens is 1. The van der Waals surface area contributed by atoms with Crippen LogP contribution in [-0.2, 0) is 16.6 Å². The second-order valence-electron chi connectivity index (χ2n) is 9.00. The van der Waals surface area contributed by atoms with Gasteiger partial charge in [0.2, 0.25) is 0 Å². The average Bonchev–Trinajstić information content (AvgIpc) is 2.88. The Hall–Kier alpha value is -2.67. The fourth-order valence-corrected chi connectivity index (χ4v) is 5.34. The van der Waals surface area contributed by atoms with Gasteiger partial charge in [-0.15, -0.1) is 0 Å². The quantitative estimate of drug-likeness (QED) is 0.435. The lowest BCUT2D eigenvalue weighted by Gasteiger charge is -2.38. The van der Waals surface area contributed by atoms with Gasteiger partial charge in [0.05, 0.1) is 11.9 Å². The van der Waals surface area contributed by atoms with Crippen molar-refractivity contribution in [1.82, 2.24) is 10.3 Å². The summed E-state index contributed by atoms with van der Waals surface area (Å²) in [6.45, 7) is 3.17. The Kier molecular flexibility index (Phi) is 6.99. The first-order chi connectivity index (χ1) is 16.6. The van der Waals surface area contributed by atoms with E-state index in [1.165, 1.54) is 16.8 Å². The summed E-state index contributed by atoms with van der Waals surface area (Å²) in [6, 6.07) is 20.8. The van der Waals surface area contributed by atoms with Gasteiger partial charge < -0.3 is 20.3 Å². The third kappa shape index (κ3) is 5.04. The Bertz CT molecular complexity index is 1150. The van der Waals surface area contributed by atoms with Gasteiger partial charge in [-0.3, -0.25) is 0 Å². The van der Waals surface area contributed by atoms with Gasteiger partial charge in [0.25, 0.3) is 0 Å². The number of para-hydroxylation sites is 1. The topological polar surface area (TPSA) is 49.4 Å². The SMILES string of the molecule is S=C(NCC1(c2cccc(Cl)c2)CCOCC1)Nc1ccc(N2CCCc3ccccc32)nc1. The maximum atomic E-state index is 6.29. The number of anilines is 3. The minimum Gasteiger partial charge on any atom is -0.381 e. The first-order valence-electron chi connectivity index (χ1n) is 11.8. The molecule has 176 valence electrons. The molecule has 5 rings (SSSR count). The molecule has 5 nitrogen and oxygen atoms in total. The molecular weight excluding hydrogens is 464 g/mol. The van der Waals surface area contributed by atoms with Crippen molar-refractivity contribution in [3.05, 3.63) is 83.0 Å². The van der Waals surface area contributed by atoms with Crippen molar-refractivity contribution in [2.24, 2.45) is 0 Å². The Labute approximate surface area is 211 Å². The minimum atomic E-state index is -0.0569. The molecule has 3 heterocycles. The van der Waals surface area contributed by atoms with Crippen LogP contribution in [-0.4, -0.2) is 36.4 Å². The highest BCUT2D eigenvalue weighted by molar-refractivity contribution is 7.80. The Morgan fingerprint density at radius 2 is 1.94 bits per heavy atom. The monoisotopic (exact) mass is 492 g/mol. The molecule has 1 fully saturated rings. The molecule has 2 N–H and O–H groups in total. The number of rotatable bonds is 5. The van der Waals surface area contributed by atoms with Gasteiger partial charge in [-0.05, 0) is 79.4 Å². The molecule has 1 aromatic heterocycles. The number of hydrogen-bond acceptors (Lipinski definition) is 4. The van der Waals surface area contributed by atoms with Crippen molar-refractivity contribution in [2.75, 3.05) is 36.5 Å². The standard InChI is InChI=1S/C27H29ClN4OS/c28-22-8-3-7-21(17-22)27(12-15-33-16-13-27)19-30-26(34)31-23-10-11-25(29-18-23)32-14-4-6-20-5-1-2-9-24(20)32/h1-3,5,7-11,17-18H,4,6,12-16,19H2,(H2,30,31,34). The Morgan fingerprint density at radius 3 is 2.74 bits per heavy atom. The van der Waals surface area contributed by atoms with E-state index in [-0.39, 0.29) is 5.41 Å². The molecule has 2 aliphatic heterocycles. The van der Waals surface area contributed by atoms with E-state index in [9.17, 15) is 0 Å². The highest BCUT2D eigenvalue weighted by atomic mass is 35.5. The number of aryl methyl sites for hydroxylation is 1. The predicted octanol–water partition coefficient (Wildman–Crippen LogP) is 5.85. The van der Waals surface area contributed by atoms with Crippen LogP contribution in [0.25, 0.3) is 0 Å². The summed E-state index contributed by atoms with van der Waals surface area (Å²) in [5.74, 6) is 0.957. The minimum absolute atomic E-state index is 0.0569. The van der Waals surface area contributed by atoms with Crippen LogP contribution >= 0.6 is 23.8 Å². The summed E-state index contributed by atoms with van der Waals surface area (Å²) >= 11 is 11.9. The highest BCUT2D eigenvalue weighted by Gasteiger charge is 2.34. The van der Waals surface area contributed by atoms with E-state index in [1.807, 2.05) is 24.4 Å². The van der Waals surface area contributed by atoms with Gasteiger partial charge in [0.15, 0.2) is 5.11 Å². The molecule has 0 atom stereocenters. The third-order valence-corrected chi connectivity index (χ3v) is 7.35. The average molecular weight is 493 g/mol. The molecule has 34 heavy (non-hydrogen) atoms. The fraction of sp³-hybridized carbons (Fsp3) is 0.333. The smallest absolute Gasteiger partial charge is 0.170 e. The highest BCUT2D eigenvalue weighted by Crippen LogP contribution is 2.36. The Morgan fingerprint density at radius 1 is 1.09 bits per heavy atom. The summed E-state index contributed by atoms with van der Waals surface area (Å²) in [7, 11) is 0. The van der Waals surface area contributed by atoms with Crippen molar-refractivity contribution < 1.29 is 4.74 Å². The van der Waals surface area contributed by atoms with Crippen LogP contribution in [0, 0.1) is 0 Å². The molecule has 0 amide bonds. The van der Waals surface area contributed by atoms with Crippen LogP contribution in [0.5, 0.6) is 0 Å². The molecule has 0 aliphatic carbocycles. The summed E-state index contributed by atoms with van der Waals surface area (Å²) in [5, 5.41) is 8.07. The van der Waals surface area contributed by atoms with Gasteiger partial charge in [-0.2, -0.15) is 0 Å². The normalized spacial score (nSPS) is 17.0. The number of aromatic nitrogens is 1. The number of thiocarbonyl (C=S) groups is 1. The lowest BCUT2D eigenvalue weighted by molar-refractivity contribution is 0.0515. The van der Waals surface area contributed by atoms with Crippen LogP contribution in [0.3, 0.4) is 0 Å². The van der Waals surface area contributed by atoms with Gasteiger partial charge >= 0.3 is 0 Å². The third-order valence-electron chi connectivity index (χ3n) is 6.87. The van der Waals surface area contributed by atoms with Crippen molar-refractivity contribution in [3.63, 3.8) is 0 Å². The zero-order valence-corrected chi connectivity index (χ0v) is 20.7. The molecule has 1 saturated heterocycles. The maximum absolute atomic E-state index is 6.29. The molecule has 0 unspecified atom stereocenters. The van der Waals surface area contributed by atoms with Crippen molar-refractivity contribution in [1.29, 1.82) is 0 Å². The predicted molar refractivity (Wildman–Crippen MR) is 143 cm³/mol. The first-order valence-corrected chi connectivity index (χ1v) is 12.6. The first kappa shape index (κ1) is 23.1. The van der Waals surface area contributed by atoms with E-state index in [2.05, 4.69) is 58.0 Å². The zero-order valence-electron chi connectivity index (χ0n) is 19.1. The molecule has 2 aliphatic rings. The van der Waals surface area contributed by atoms with E-state index >= 15 is 0 Å². The fourth-order valence-electron chi connectivity index (χ4n) is 4.96. The Balaban J connectivity index is 1.23. The number of nitrogens with one attached hydrogen (secondary N) is 2. The molecule has 0 radical (unpaired) electrons. The number of hydrogen-bond donors (Lipinski definition) is 2. The maximum Gasteiger partial charge on any atom is 0.170 e. The summed E-state index contributed by atoms with van der Waals surface area (Å²) in [4.78, 5) is 7.01.